The van der Waals surface area contributed by atoms with E-state index >= 15 is 4.39 Å². The van der Waals surface area contributed by atoms with Crippen LogP contribution in [0.15, 0.2) is 60.8 Å². The number of morpholine rings is 1. The van der Waals surface area contributed by atoms with Crippen molar-refractivity contribution < 1.29 is 31.9 Å². The number of ketones is 1. The molecule has 206 valence electrons. The molecule has 0 unspecified atom stereocenters. The molecule has 1 aliphatic rings. The molecule has 1 aromatic heterocycles. The van der Waals surface area contributed by atoms with Gasteiger partial charge in [-0.1, -0.05) is 17.7 Å². The fraction of sp³-hybridized carbons (Fsp3) is 0.185. The average molecular weight is 574 g/mol. The van der Waals surface area contributed by atoms with Gasteiger partial charge in [0.15, 0.2) is 11.6 Å². The SMILES string of the molecule is O=C(Nc1ccc(Cl)c(C(F)(F)F)c1)Nc1cccc(C(=O)c2ccc3ncc(N4CCOCC4)nc3c2)c1F. The molecule has 3 aromatic carbocycles. The van der Waals surface area contributed by atoms with Gasteiger partial charge in [0.05, 0.1) is 52.3 Å². The van der Waals surface area contributed by atoms with Gasteiger partial charge in [-0.15, -0.1) is 0 Å². The number of carbonyl (C=O) groups excluding carboxylic acids is 2. The number of carbonyl (C=O) groups is 2. The summed E-state index contributed by atoms with van der Waals surface area (Å²) in [6.07, 6.45) is -3.09. The van der Waals surface area contributed by atoms with Gasteiger partial charge < -0.3 is 20.3 Å². The molecule has 13 heteroatoms. The van der Waals surface area contributed by atoms with Crippen molar-refractivity contribution in [1.82, 2.24) is 9.97 Å². The monoisotopic (exact) mass is 573 g/mol. The largest absolute Gasteiger partial charge is 0.417 e. The number of anilines is 3. The van der Waals surface area contributed by atoms with Gasteiger partial charge in [0.2, 0.25) is 0 Å². The second-order valence-electron chi connectivity index (χ2n) is 8.80. The molecule has 0 aliphatic carbocycles. The number of nitrogens with zero attached hydrogens (tertiary/aromatic N) is 3. The molecule has 1 saturated heterocycles. The first-order chi connectivity index (χ1) is 19.1. The summed E-state index contributed by atoms with van der Waals surface area (Å²) in [6.45, 7) is 2.43. The molecule has 8 nitrogen and oxygen atoms in total. The van der Waals surface area contributed by atoms with Crippen molar-refractivity contribution >= 4 is 51.6 Å². The van der Waals surface area contributed by atoms with E-state index in [9.17, 15) is 22.8 Å². The van der Waals surface area contributed by atoms with Crippen LogP contribution >= 0.6 is 11.6 Å². The van der Waals surface area contributed by atoms with E-state index in [1.165, 1.54) is 36.4 Å². The lowest BCUT2D eigenvalue weighted by Gasteiger charge is -2.27. The van der Waals surface area contributed by atoms with Crippen LogP contribution in [-0.2, 0) is 10.9 Å². The Morgan fingerprint density at radius 2 is 1.75 bits per heavy atom. The standard InChI is InChI=1S/C27H20ClF4N5O3/c28-19-6-5-16(13-18(19)27(30,31)32)34-26(39)36-21-3-1-2-17(24(21)29)25(38)15-4-7-20-22(12-15)35-23(14-33-20)37-8-10-40-11-9-37/h1-7,12-14H,8-11H2,(H2,34,36,39). The molecule has 4 aromatic rings. The van der Waals surface area contributed by atoms with Crippen molar-refractivity contribution in [3.05, 3.63) is 88.3 Å². The van der Waals surface area contributed by atoms with E-state index < -0.39 is 34.4 Å². The molecule has 2 amide bonds. The topological polar surface area (TPSA) is 96.5 Å². The van der Waals surface area contributed by atoms with Crippen molar-refractivity contribution in [2.24, 2.45) is 0 Å². The summed E-state index contributed by atoms with van der Waals surface area (Å²) in [5.74, 6) is -1.04. The van der Waals surface area contributed by atoms with Gasteiger partial charge in [0.1, 0.15) is 5.82 Å². The molecule has 1 aliphatic heterocycles. The van der Waals surface area contributed by atoms with Crippen molar-refractivity contribution in [2.45, 2.75) is 6.18 Å². The molecule has 1 fully saturated rings. The lowest BCUT2D eigenvalue weighted by atomic mass is 10.0. The molecule has 2 N–H and O–H groups in total. The lowest BCUT2D eigenvalue weighted by Crippen LogP contribution is -2.36. The summed E-state index contributed by atoms with van der Waals surface area (Å²) in [5.41, 5.74) is -0.855. The van der Waals surface area contributed by atoms with Crippen LogP contribution in [0.3, 0.4) is 0 Å². The zero-order valence-electron chi connectivity index (χ0n) is 20.6. The summed E-state index contributed by atoms with van der Waals surface area (Å²) < 4.78 is 60.0. The Kier molecular flexibility index (Phi) is 7.55. The number of amides is 2. The number of hydrogen-bond acceptors (Lipinski definition) is 6. The van der Waals surface area contributed by atoms with E-state index in [0.29, 0.717) is 49.2 Å². The Morgan fingerprint density at radius 3 is 2.50 bits per heavy atom. The molecule has 0 radical (unpaired) electrons. The Bertz CT molecular complexity index is 1610. The van der Waals surface area contributed by atoms with Crippen LogP contribution < -0.4 is 15.5 Å². The Morgan fingerprint density at radius 1 is 0.975 bits per heavy atom. The van der Waals surface area contributed by atoms with E-state index in [4.69, 9.17) is 16.3 Å². The lowest BCUT2D eigenvalue weighted by molar-refractivity contribution is -0.137. The summed E-state index contributed by atoms with van der Waals surface area (Å²) in [6, 6.07) is 10.3. The van der Waals surface area contributed by atoms with Crippen molar-refractivity contribution in [1.29, 1.82) is 0 Å². The molecule has 0 bridgehead atoms. The number of ether oxygens (including phenoxy) is 1. The van der Waals surface area contributed by atoms with Crippen LogP contribution in [0.1, 0.15) is 21.5 Å². The maximum Gasteiger partial charge on any atom is 0.417 e. The van der Waals surface area contributed by atoms with Gasteiger partial charge in [-0.2, -0.15) is 13.2 Å². The van der Waals surface area contributed by atoms with Gasteiger partial charge in [-0.25, -0.2) is 14.2 Å². The third kappa shape index (κ3) is 5.82. The smallest absolute Gasteiger partial charge is 0.378 e. The van der Waals surface area contributed by atoms with E-state index in [0.717, 1.165) is 6.07 Å². The predicted molar refractivity (Wildman–Crippen MR) is 141 cm³/mol. The van der Waals surface area contributed by atoms with Crippen LogP contribution in [0.4, 0.5) is 39.5 Å². The van der Waals surface area contributed by atoms with Crippen molar-refractivity contribution in [3.63, 3.8) is 0 Å². The Labute approximate surface area is 229 Å². The highest BCUT2D eigenvalue weighted by Gasteiger charge is 2.33. The zero-order chi connectivity index (χ0) is 28.4. The van der Waals surface area contributed by atoms with Gasteiger partial charge in [0.25, 0.3) is 0 Å². The number of hydrogen-bond donors (Lipinski definition) is 2. The van der Waals surface area contributed by atoms with Gasteiger partial charge in [0, 0.05) is 24.3 Å². The Balaban J connectivity index is 1.35. The summed E-state index contributed by atoms with van der Waals surface area (Å²) in [5, 5.41) is 3.89. The maximum absolute atomic E-state index is 15.3. The highest BCUT2D eigenvalue weighted by molar-refractivity contribution is 6.31. The number of benzene rings is 3. The van der Waals surface area contributed by atoms with Crippen molar-refractivity contribution in [3.8, 4) is 0 Å². The molecular weight excluding hydrogens is 554 g/mol. The minimum Gasteiger partial charge on any atom is -0.378 e. The highest BCUT2D eigenvalue weighted by Crippen LogP contribution is 2.36. The number of fused-ring (bicyclic) bond motifs is 1. The third-order valence-electron chi connectivity index (χ3n) is 6.15. The van der Waals surface area contributed by atoms with E-state index in [1.807, 2.05) is 4.90 Å². The minimum absolute atomic E-state index is 0.155. The van der Waals surface area contributed by atoms with Crippen LogP contribution in [-0.4, -0.2) is 48.1 Å². The highest BCUT2D eigenvalue weighted by atomic mass is 35.5. The molecule has 0 spiro atoms. The predicted octanol–water partition coefficient (Wildman–Crippen LogP) is 6.15. The number of halogens is 5. The molecule has 5 rings (SSSR count). The third-order valence-corrected chi connectivity index (χ3v) is 6.48. The number of urea groups is 1. The van der Waals surface area contributed by atoms with Crippen molar-refractivity contribution in [2.75, 3.05) is 41.8 Å². The second kappa shape index (κ2) is 11.1. The first-order valence-electron chi connectivity index (χ1n) is 12.0. The second-order valence-corrected chi connectivity index (χ2v) is 9.21. The van der Waals surface area contributed by atoms with Gasteiger partial charge in [-0.3, -0.25) is 9.78 Å². The maximum atomic E-state index is 15.3. The van der Waals surface area contributed by atoms with E-state index in [2.05, 4.69) is 20.6 Å². The van der Waals surface area contributed by atoms with Gasteiger partial charge in [-0.05, 0) is 48.5 Å². The van der Waals surface area contributed by atoms with Crippen LogP contribution in [0.5, 0.6) is 0 Å². The molecular formula is C27H20ClF4N5O3. The zero-order valence-corrected chi connectivity index (χ0v) is 21.3. The summed E-state index contributed by atoms with van der Waals surface area (Å²) in [4.78, 5) is 36.7. The molecule has 2 heterocycles. The molecule has 0 saturated carbocycles. The molecule has 40 heavy (non-hydrogen) atoms. The van der Waals surface area contributed by atoms with E-state index in [-0.39, 0.29) is 22.5 Å². The van der Waals surface area contributed by atoms with Crippen LogP contribution in [0, 0.1) is 5.82 Å². The normalized spacial score (nSPS) is 13.8. The van der Waals surface area contributed by atoms with Crippen LogP contribution in [0.25, 0.3) is 11.0 Å². The average Bonchev–Trinajstić information content (AvgIpc) is 2.94. The number of aromatic nitrogens is 2. The number of nitrogens with one attached hydrogen (secondary N) is 2. The first kappa shape index (κ1) is 27.3. The summed E-state index contributed by atoms with van der Waals surface area (Å²) in [7, 11) is 0. The Hall–Kier alpha value is -4.29. The van der Waals surface area contributed by atoms with Crippen LogP contribution in [0.2, 0.25) is 5.02 Å². The first-order valence-corrected chi connectivity index (χ1v) is 12.4. The number of rotatable bonds is 5. The fourth-order valence-electron chi connectivity index (χ4n) is 4.15. The quantitative estimate of drug-likeness (QED) is 0.219. The summed E-state index contributed by atoms with van der Waals surface area (Å²) >= 11 is 5.60. The minimum atomic E-state index is -4.73. The van der Waals surface area contributed by atoms with Gasteiger partial charge >= 0.3 is 12.2 Å². The van der Waals surface area contributed by atoms with E-state index in [1.54, 1.807) is 12.3 Å². The molecule has 0 atom stereocenters. The fourth-order valence-corrected chi connectivity index (χ4v) is 4.38. The number of alkyl halides is 3.